The zero-order valence-electron chi connectivity index (χ0n) is 8.91. The Morgan fingerprint density at radius 3 is 2.60 bits per heavy atom. The molecule has 0 radical (unpaired) electrons. The summed E-state index contributed by atoms with van der Waals surface area (Å²) in [6.07, 6.45) is 1.56. The van der Waals surface area contributed by atoms with Crippen molar-refractivity contribution in [3.63, 3.8) is 0 Å². The predicted octanol–water partition coefficient (Wildman–Crippen LogP) is 0.207. The van der Waals surface area contributed by atoms with Gasteiger partial charge in [0, 0.05) is 39.0 Å². The Hall–Kier alpha value is -0.810. The summed E-state index contributed by atoms with van der Waals surface area (Å²) in [4.78, 5) is 13.5. The molecular formula is C10H18N2O3. The number of carbonyl (C=O) groups excluding carboxylic acids is 1. The summed E-state index contributed by atoms with van der Waals surface area (Å²) in [5.74, 6) is 0. The fourth-order valence-corrected chi connectivity index (χ4v) is 1.86. The van der Waals surface area contributed by atoms with E-state index < -0.39 is 0 Å². The molecule has 15 heavy (non-hydrogen) atoms. The standard InChI is InChI=1S/C10H18N2O3/c13-10(12-5-3-11-4-6-12)15-9-1-7-14-8-2-9/h9,11H,1-8H2. The van der Waals surface area contributed by atoms with Gasteiger partial charge in [-0.2, -0.15) is 0 Å². The summed E-state index contributed by atoms with van der Waals surface area (Å²) in [5, 5.41) is 3.20. The maximum atomic E-state index is 11.7. The first-order chi connectivity index (χ1) is 7.36. The normalized spacial score (nSPS) is 23.9. The quantitative estimate of drug-likeness (QED) is 0.678. The van der Waals surface area contributed by atoms with Crippen molar-refractivity contribution < 1.29 is 14.3 Å². The van der Waals surface area contributed by atoms with Crippen LogP contribution in [-0.2, 0) is 9.47 Å². The second-order valence-corrected chi connectivity index (χ2v) is 3.93. The molecule has 2 rings (SSSR count). The number of rotatable bonds is 1. The van der Waals surface area contributed by atoms with Crippen molar-refractivity contribution in [2.75, 3.05) is 39.4 Å². The lowest BCUT2D eigenvalue weighted by Gasteiger charge is -2.30. The van der Waals surface area contributed by atoms with Crippen LogP contribution in [-0.4, -0.2) is 56.5 Å². The van der Waals surface area contributed by atoms with E-state index in [4.69, 9.17) is 9.47 Å². The van der Waals surface area contributed by atoms with Gasteiger partial charge < -0.3 is 19.7 Å². The van der Waals surface area contributed by atoms with Gasteiger partial charge >= 0.3 is 6.09 Å². The molecular weight excluding hydrogens is 196 g/mol. The molecule has 0 aromatic carbocycles. The van der Waals surface area contributed by atoms with Crippen LogP contribution in [0.15, 0.2) is 0 Å². The lowest BCUT2D eigenvalue weighted by Crippen LogP contribution is -2.47. The predicted molar refractivity (Wildman–Crippen MR) is 54.8 cm³/mol. The maximum Gasteiger partial charge on any atom is 0.410 e. The van der Waals surface area contributed by atoms with Gasteiger partial charge in [0.2, 0.25) is 0 Å². The highest BCUT2D eigenvalue weighted by atomic mass is 16.6. The van der Waals surface area contributed by atoms with Crippen LogP contribution >= 0.6 is 0 Å². The van der Waals surface area contributed by atoms with Crippen molar-refractivity contribution in [3.05, 3.63) is 0 Å². The highest BCUT2D eigenvalue weighted by Crippen LogP contribution is 2.12. The average Bonchev–Trinajstić information content (AvgIpc) is 2.31. The lowest BCUT2D eigenvalue weighted by molar-refractivity contribution is -0.0111. The molecule has 2 saturated heterocycles. The highest BCUT2D eigenvalue weighted by Gasteiger charge is 2.23. The zero-order valence-corrected chi connectivity index (χ0v) is 8.91. The molecule has 0 aromatic rings. The Labute approximate surface area is 89.7 Å². The summed E-state index contributed by atoms with van der Waals surface area (Å²) in [5.41, 5.74) is 0. The summed E-state index contributed by atoms with van der Waals surface area (Å²) in [7, 11) is 0. The van der Waals surface area contributed by atoms with Crippen molar-refractivity contribution in [3.8, 4) is 0 Å². The minimum absolute atomic E-state index is 0.0566. The summed E-state index contributed by atoms with van der Waals surface area (Å²) >= 11 is 0. The third-order valence-electron chi connectivity index (χ3n) is 2.81. The van der Waals surface area contributed by atoms with Gasteiger partial charge in [-0.1, -0.05) is 0 Å². The summed E-state index contributed by atoms with van der Waals surface area (Å²) in [6, 6.07) is 0. The smallest absolute Gasteiger partial charge is 0.410 e. The number of hydrogen-bond acceptors (Lipinski definition) is 4. The van der Waals surface area contributed by atoms with Crippen molar-refractivity contribution in [2.24, 2.45) is 0 Å². The molecule has 86 valence electrons. The van der Waals surface area contributed by atoms with Gasteiger partial charge in [0.05, 0.1) is 13.2 Å². The molecule has 5 heteroatoms. The molecule has 0 aromatic heterocycles. The minimum Gasteiger partial charge on any atom is -0.446 e. The lowest BCUT2D eigenvalue weighted by atomic mass is 10.2. The van der Waals surface area contributed by atoms with Crippen LogP contribution < -0.4 is 5.32 Å². The van der Waals surface area contributed by atoms with E-state index in [1.165, 1.54) is 0 Å². The van der Waals surface area contributed by atoms with Crippen molar-refractivity contribution in [2.45, 2.75) is 18.9 Å². The van der Waals surface area contributed by atoms with Gasteiger partial charge in [-0.25, -0.2) is 4.79 Å². The monoisotopic (exact) mass is 214 g/mol. The Bertz CT molecular complexity index is 211. The molecule has 0 aliphatic carbocycles. The number of hydrogen-bond donors (Lipinski definition) is 1. The van der Waals surface area contributed by atoms with E-state index in [1.54, 1.807) is 4.90 Å². The molecule has 0 spiro atoms. The molecule has 2 aliphatic rings. The fraction of sp³-hybridized carbons (Fsp3) is 0.900. The van der Waals surface area contributed by atoms with Crippen molar-refractivity contribution >= 4 is 6.09 Å². The van der Waals surface area contributed by atoms with E-state index in [-0.39, 0.29) is 12.2 Å². The van der Waals surface area contributed by atoms with E-state index >= 15 is 0 Å². The van der Waals surface area contributed by atoms with E-state index in [9.17, 15) is 4.79 Å². The van der Waals surface area contributed by atoms with Gasteiger partial charge in [-0.3, -0.25) is 0 Å². The first-order valence-electron chi connectivity index (χ1n) is 5.60. The van der Waals surface area contributed by atoms with Crippen LogP contribution in [0.3, 0.4) is 0 Å². The van der Waals surface area contributed by atoms with Crippen LogP contribution in [0.1, 0.15) is 12.8 Å². The molecule has 1 N–H and O–H groups in total. The number of nitrogens with zero attached hydrogens (tertiary/aromatic N) is 1. The molecule has 2 aliphatic heterocycles. The molecule has 0 unspecified atom stereocenters. The molecule has 2 fully saturated rings. The number of piperazine rings is 1. The second-order valence-electron chi connectivity index (χ2n) is 3.93. The van der Waals surface area contributed by atoms with Crippen LogP contribution in [0.25, 0.3) is 0 Å². The van der Waals surface area contributed by atoms with E-state index in [1.807, 2.05) is 0 Å². The fourth-order valence-electron chi connectivity index (χ4n) is 1.86. The molecule has 1 amide bonds. The molecule has 2 heterocycles. The molecule has 0 bridgehead atoms. The number of nitrogens with one attached hydrogen (secondary N) is 1. The Morgan fingerprint density at radius 2 is 1.93 bits per heavy atom. The molecule has 5 nitrogen and oxygen atoms in total. The Balaban J connectivity index is 1.74. The third kappa shape index (κ3) is 3.07. The van der Waals surface area contributed by atoms with Crippen LogP contribution in [0.2, 0.25) is 0 Å². The van der Waals surface area contributed by atoms with Gasteiger partial charge in [0.25, 0.3) is 0 Å². The number of ether oxygens (including phenoxy) is 2. The van der Waals surface area contributed by atoms with Gasteiger partial charge in [0.15, 0.2) is 0 Å². The van der Waals surface area contributed by atoms with Crippen LogP contribution in [0.5, 0.6) is 0 Å². The molecule has 0 atom stereocenters. The molecule has 0 saturated carbocycles. The highest BCUT2D eigenvalue weighted by molar-refractivity contribution is 5.68. The Morgan fingerprint density at radius 1 is 1.27 bits per heavy atom. The van der Waals surface area contributed by atoms with Crippen molar-refractivity contribution in [1.82, 2.24) is 10.2 Å². The van der Waals surface area contributed by atoms with E-state index in [0.717, 1.165) is 39.0 Å². The third-order valence-corrected chi connectivity index (χ3v) is 2.81. The van der Waals surface area contributed by atoms with E-state index in [0.29, 0.717) is 13.2 Å². The average molecular weight is 214 g/mol. The van der Waals surface area contributed by atoms with E-state index in [2.05, 4.69) is 5.32 Å². The number of amides is 1. The van der Waals surface area contributed by atoms with Crippen LogP contribution in [0.4, 0.5) is 4.79 Å². The van der Waals surface area contributed by atoms with Crippen molar-refractivity contribution in [1.29, 1.82) is 0 Å². The van der Waals surface area contributed by atoms with Gasteiger partial charge in [0.1, 0.15) is 6.10 Å². The minimum atomic E-state index is -0.164. The summed E-state index contributed by atoms with van der Waals surface area (Å²) in [6.45, 7) is 4.65. The first-order valence-corrected chi connectivity index (χ1v) is 5.60. The van der Waals surface area contributed by atoms with Gasteiger partial charge in [-0.05, 0) is 0 Å². The van der Waals surface area contributed by atoms with Gasteiger partial charge in [-0.15, -0.1) is 0 Å². The zero-order chi connectivity index (χ0) is 10.5. The Kier molecular flexibility index (Phi) is 3.80. The van der Waals surface area contributed by atoms with Crippen LogP contribution in [0, 0.1) is 0 Å². The summed E-state index contributed by atoms with van der Waals surface area (Å²) < 4.78 is 10.6. The topological polar surface area (TPSA) is 50.8 Å². The largest absolute Gasteiger partial charge is 0.446 e. The second kappa shape index (κ2) is 5.32. The maximum absolute atomic E-state index is 11.7. The first kappa shape index (κ1) is 10.7. The number of carbonyl (C=O) groups is 1. The SMILES string of the molecule is O=C(OC1CCOCC1)N1CCNCC1.